The molecule has 0 spiro atoms. The lowest BCUT2D eigenvalue weighted by Crippen LogP contribution is -2.25. The van der Waals surface area contributed by atoms with Crippen LogP contribution in [0.3, 0.4) is 0 Å². The largest absolute Gasteiger partial charge is 0.306 e. The minimum atomic E-state index is -1.06. The number of halogens is 5. The molecule has 1 N–H and O–H groups in total. The Hall–Kier alpha value is -1.40. The van der Waals surface area contributed by atoms with E-state index >= 15 is 0 Å². The fourth-order valence-corrected chi connectivity index (χ4v) is 2.53. The molecule has 0 aliphatic carbocycles. The molecule has 0 bridgehead atoms. The summed E-state index contributed by atoms with van der Waals surface area (Å²) < 4.78 is 55.3. The minimum Gasteiger partial charge on any atom is -0.306 e. The molecule has 0 saturated carbocycles. The van der Waals surface area contributed by atoms with Crippen LogP contribution in [0.1, 0.15) is 24.1 Å². The summed E-state index contributed by atoms with van der Waals surface area (Å²) in [5.41, 5.74) is -0.328. The Morgan fingerprint density at radius 2 is 1.71 bits per heavy atom. The number of hydrogen-bond donors (Lipinski definition) is 1. The topological polar surface area (TPSA) is 12.0 Å². The van der Waals surface area contributed by atoms with Gasteiger partial charge < -0.3 is 5.32 Å². The first-order chi connectivity index (χ1) is 9.95. The van der Waals surface area contributed by atoms with Gasteiger partial charge in [0, 0.05) is 23.3 Å². The van der Waals surface area contributed by atoms with E-state index in [1.54, 1.807) is 13.0 Å². The summed E-state index contributed by atoms with van der Waals surface area (Å²) in [6.07, 6.45) is 0. The van der Waals surface area contributed by atoms with Crippen LogP contribution in [0.4, 0.5) is 17.6 Å². The van der Waals surface area contributed by atoms with Crippen LogP contribution < -0.4 is 5.32 Å². The fraction of sp³-hybridized carbons (Fsp3) is 0.200. The highest BCUT2D eigenvalue weighted by Gasteiger charge is 2.25. The fourth-order valence-electron chi connectivity index (χ4n) is 2.14. The molecular weight excluding hydrogens is 350 g/mol. The summed E-state index contributed by atoms with van der Waals surface area (Å²) in [4.78, 5) is 0. The molecule has 0 aliphatic heterocycles. The van der Waals surface area contributed by atoms with Crippen molar-refractivity contribution in [1.29, 1.82) is 0 Å². The monoisotopic (exact) mass is 361 g/mol. The van der Waals surface area contributed by atoms with Crippen molar-refractivity contribution in [2.24, 2.45) is 0 Å². The zero-order valence-electron chi connectivity index (χ0n) is 11.1. The van der Waals surface area contributed by atoms with Crippen molar-refractivity contribution in [3.05, 3.63) is 69.2 Å². The second kappa shape index (κ2) is 6.58. The third-order valence-corrected chi connectivity index (χ3v) is 3.65. The van der Waals surface area contributed by atoms with Gasteiger partial charge >= 0.3 is 0 Å². The van der Waals surface area contributed by atoms with E-state index < -0.39 is 34.9 Å². The molecule has 1 atom stereocenters. The van der Waals surface area contributed by atoms with E-state index in [4.69, 9.17) is 0 Å². The first-order valence-electron chi connectivity index (χ1n) is 6.27. The van der Waals surface area contributed by atoms with Crippen LogP contribution in [-0.2, 0) is 0 Å². The Labute approximate surface area is 128 Å². The first kappa shape index (κ1) is 16.0. The van der Waals surface area contributed by atoms with Crippen LogP contribution in [0.2, 0.25) is 0 Å². The molecule has 1 unspecified atom stereocenters. The van der Waals surface area contributed by atoms with E-state index in [1.807, 2.05) is 0 Å². The van der Waals surface area contributed by atoms with Crippen LogP contribution >= 0.6 is 15.9 Å². The van der Waals surface area contributed by atoms with Crippen molar-refractivity contribution in [2.75, 3.05) is 6.54 Å². The van der Waals surface area contributed by atoms with Gasteiger partial charge in [-0.15, -0.1) is 0 Å². The van der Waals surface area contributed by atoms with Crippen LogP contribution in [0.5, 0.6) is 0 Å². The summed E-state index contributed by atoms with van der Waals surface area (Å²) in [5, 5.41) is 2.82. The standard InChI is InChI=1S/C15H12BrF4N/c1-2-21-15(9-4-3-5-10(16)14(9)20)13-11(18)6-8(17)7-12(13)19/h3-7,15,21H,2H2,1H3. The van der Waals surface area contributed by atoms with Crippen molar-refractivity contribution >= 4 is 15.9 Å². The van der Waals surface area contributed by atoms with Gasteiger partial charge in [0.15, 0.2) is 0 Å². The van der Waals surface area contributed by atoms with Gasteiger partial charge in [-0.2, -0.15) is 0 Å². The molecule has 0 aromatic heterocycles. The number of hydrogen-bond acceptors (Lipinski definition) is 1. The number of rotatable bonds is 4. The first-order valence-corrected chi connectivity index (χ1v) is 7.06. The molecule has 21 heavy (non-hydrogen) atoms. The summed E-state index contributed by atoms with van der Waals surface area (Å²) in [7, 11) is 0. The van der Waals surface area contributed by atoms with Crippen molar-refractivity contribution in [2.45, 2.75) is 13.0 Å². The summed E-state index contributed by atoms with van der Waals surface area (Å²) in [5.74, 6) is -3.75. The van der Waals surface area contributed by atoms with Gasteiger partial charge in [0.05, 0.1) is 10.5 Å². The Morgan fingerprint density at radius 1 is 1.10 bits per heavy atom. The highest BCUT2D eigenvalue weighted by Crippen LogP contribution is 2.31. The molecule has 0 saturated heterocycles. The van der Waals surface area contributed by atoms with Crippen LogP contribution in [-0.4, -0.2) is 6.54 Å². The molecule has 2 rings (SSSR count). The molecule has 1 nitrogen and oxygen atoms in total. The minimum absolute atomic E-state index is 0.0793. The van der Waals surface area contributed by atoms with E-state index in [0.717, 1.165) is 0 Å². The Morgan fingerprint density at radius 3 is 2.29 bits per heavy atom. The van der Waals surface area contributed by atoms with Gasteiger partial charge in [-0.3, -0.25) is 0 Å². The molecule has 2 aromatic carbocycles. The van der Waals surface area contributed by atoms with E-state index in [2.05, 4.69) is 21.2 Å². The lowest BCUT2D eigenvalue weighted by molar-refractivity contribution is 0.481. The average Bonchev–Trinajstić information content (AvgIpc) is 2.40. The van der Waals surface area contributed by atoms with Crippen LogP contribution in [0.25, 0.3) is 0 Å². The van der Waals surface area contributed by atoms with Gasteiger partial charge in [-0.25, -0.2) is 17.6 Å². The molecule has 6 heteroatoms. The Bertz CT molecular complexity index is 637. The molecule has 112 valence electrons. The molecule has 0 radical (unpaired) electrons. The zero-order valence-corrected chi connectivity index (χ0v) is 12.6. The van der Waals surface area contributed by atoms with E-state index in [0.29, 0.717) is 18.7 Å². The molecule has 0 fully saturated rings. The predicted molar refractivity (Wildman–Crippen MR) is 75.9 cm³/mol. The quantitative estimate of drug-likeness (QED) is 0.778. The molecule has 0 aliphatic rings. The molecule has 0 heterocycles. The van der Waals surface area contributed by atoms with Crippen molar-refractivity contribution < 1.29 is 17.6 Å². The lowest BCUT2D eigenvalue weighted by Gasteiger charge is -2.21. The van der Waals surface area contributed by atoms with Crippen molar-refractivity contribution in [3.8, 4) is 0 Å². The highest BCUT2D eigenvalue weighted by atomic mass is 79.9. The highest BCUT2D eigenvalue weighted by molar-refractivity contribution is 9.10. The average molecular weight is 362 g/mol. The lowest BCUT2D eigenvalue weighted by atomic mass is 9.97. The smallest absolute Gasteiger partial charge is 0.142 e. The second-order valence-electron chi connectivity index (χ2n) is 4.42. The van der Waals surface area contributed by atoms with Gasteiger partial charge in [0.25, 0.3) is 0 Å². The normalized spacial score (nSPS) is 12.5. The summed E-state index contributed by atoms with van der Waals surface area (Å²) >= 11 is 3.04. The van der Waals surface area contributed by atoms with Gasteiger partial charge in [-0.05, 0) is 28.5 Å². The number of benzene rings is 2. The van der Waals surface area contributed by atoms with E-state index in [1.165, 1.54) is 12.1 Å². The SMILES string of the molecule is CCNC(c1cccc(Br)c1F)c1c(F)cc(F)cc1F. The third kappa shape index (κ3) is 3.27. The van der Waals surface area contributed by atoms with Crippen molar-refractivity contribution in [3.63, 3.8) is 0 Å². The molecule has 0 amide bonds. The second-order valence-corrected chi connectivity index (χ2v) is 5.27. The Kier molecular flexibility index (Phi) is 5.00. The molecule has 2 aromatic rings. The maximum atomic E-state index is 14.2. The van der Waals surface area contributed by atoms with Gasteiger partial charge in [-0.1, -0.05) is 19.1 Å². The van der Waals surface area contributed by atoms with E-state index in [9.17, 15) is 17.6 Å². The zero-order chi connectivity index (χ0) is 15.6. The molecular formula is C15H12BrF4N. The van der Waals surface area contributed by atoms with Gasteiger partial charge in [0.2, 0.25) is 0 Å². The Balaban J connectivity index is 2.62. The van der Waals surface area contributed by atoms with E-state index in [-0.39, 0.29) is 10.0 Å². The van der Waals surface area contributed by atoms with Crippen LogP contribution in [0, 0.1) is 23.3 Å². The maximum Gasteiger partial charge on any atom is 0.142 e. The maximum absolute atomic E-state index is 14.2. The van der Waals surface area contributed by atoms with Crippen LogP contribution in [0.15, 0.2) is 34.8 Å². The summed E-state index contributed by atoms with van der Waals surface area (Å²) in [6, 6.07) is 4.59. The van der Waals surface area contributed by atoms with Crippen molar-refractivity contribution in [1.82, 2.24) is 5.32 Å². The van der Waals surface area contributed by atoms with Gasteiger partial charge in [0.1, 0.15) is 23.3 Å². The summed E-state index contributed by atoms with van der Waals surface area (Å²) in [6.45, 7) is 2.08. The third-order valence-electron chi connectivity index (χ3n) is 3.03. The predicted octanol–water partition coefficient (Wildman–Crippen LogP) is 4.70. The number of nitrogens with one attached hydrogen (secondary N) is 1.